The summed E-state index contributed by atoms with van der Waals surface area (Å²) in [5.41, 5.74) is 1.58. The average Bonchev–Trinajstić information content (AvgIpc) is 2.93. The standard InChI is InChI=1S/C31H40N4O6/c1-19(2)14-25(35-30(39)24(20(3)4)17-28(37)41-18-21-8-6-5-7-9-21)26(36)15-22-16-27-32-12-10-23(34-27)11-13-33-31(40)29(22)38/h5-10,12,19-20,22,24-25H,11,13-18H2,1-4H3,(H,33,40)(H,35,39). The predicted octanol–water partition coefficient (Wildman–Crippen LogP) is 2.77. The van der Waals surface area contributed by atoms with Gasteiger partial charge in [-0.3, -0.25) is 24.0 Å². The number of carbonyl (C=O) groups excluding carboxylic acids is 5. The number of nitrogens with one attached hydrogen (secondary N) is 2. The van der Waals surface area contributed by atoms with Crippen LogP contribution in [0, 0.1) is 23.7 Å². The maximum atomic E-state index is 13.6. The Morgan fingerprint density at radius 2 is 1.80 bits per heavy atom. The van der Waals surface area contributed by atoms with Crippen molar-refractivity contribution in [3.05, 3.63) is 59.7 Å². The molecule has 10 nitrogen and oxygen atoms in total. The summed E-state index contributed by atoms with van der Waals surface area (Å²) in [7, 11) is 0. The minimum atomic E-state index is -0.962. The minimum Gasteiger partial charge on any atom is -0.461 e. The molecule has 0 radical (unpaired) electrons. The molecule has 2 amide bonds. The number of hydrogen-bond acceptors (Lipinski definition) is 8. The van der Waals surface area contributed by atoms with E-state index in [0.717, 1.165) is 11.3 Å². The van der Waals surface area contributed by atoms with E-state index in [0.29, 0.717) is 18.7 Å². The third kappa shape index (κ3) is 9.88. The summed E-state index contributed by atoms with van der Waals surface area (Å²) in [6, 6.07) is 10.1. The van der Waals surface area contributed by atoms with E-state index in [1.165, 1.54) is 0 Å². The van der Waals surface area contributed by atoms with Gasteiger partial charge in [0, 0.05) is 43.6 Å². The highest BCUT2D eigenvalue weighted by molar-refractivity contribution is 6.37. The molecular weight excluding hydrogens is 524 g/mol. The summed E-state index contributed by atoms with van der Waals surface area (Å²) in [5, 5.41) is 5.44. The number of nitrogens with zero attached hydrogens (tertiary/aromatic N) is 2. The van der Waals surface area contributed by atoms with Crippen molar-refractivity contribution < 1.29 is 28.7 Å². The Labute approximate surface area is 241 Å². The number of esters is 1. The van der Waals surface area contributed by atoms with Crippen molar-refractivity contribution in [1.29, 1.82) is 0 Å². The molecule has 0 spiro atoms. The summed E-state index contributed by atoms with van der Waals surface area (Å²) in [4.78, 5) is 73.7. The number of Topliss-reactive ketones (excluding diaryl/α,β-unsaturated/α-hetero) is 2. The molecule has 2 heterocycles. The van der Waals surface area contributed by atoms with Crippen LogP contribution in [-0.4, -0.2) is 51.9 Å². The molecule has 0 saturated carbocycles. The predicted molar refractivity (Wildman–Crippen MR) is 151 cm³/mol. The first-order valence-corrected chi connectivity index (χ1v) is 14.2. The van der Waals surface area contributed by atoms with Crippen molar-refractivity contribution in [2.24, 2.45) is 23.7 Å². The summed E-state index contributed by atoms with van der Waals surface area (Å²) in [5.74, 6) is -4.16. The first-order valence-electron chi connectivity index (χ1n) is 14.2. The van der Waals surface area contributed by atoms with Crippen LogP contribution in [0.15, 0.2) is 42.6 Å². The maximum Gasteiger partial charge on any atom is 0.306 e. The summed E-state index contributed by atoms with van der Waals surface area (Å²) >= 11 is 0. The monoisotopic (exact) mass is 564 g/mol. The van der Waals surface area contributed by atoms with E-state index in [9.17, 15) is 24.0 Å². The van der Waals surface area contributed by atoms with Crippen molar-refractivity contribution in [3.8, 4) is 0 Å². The summed E-state index contributed by atoms with van der Waals surface area (Å²) in [6.07, 6.45) is 2.07. The molecule has 0 saturated heterocycles. The molecule has 41 heavy (non-hydrogen) atoms. The van der Waals surface area contributed by atoms with Crippen LogP contribution in [0.2, 0.25) is 0 Å². The summed E-state index contributed by atoms with van der Waals surface area (Å²) in [6.45, 7) is 7.87. The van der Waals surface area contributed by atoms with Crippen molar-refractivity contribution >= 4 is 29.4 Å². The van der Waals surface area contributed by atoms with Gasteiger partial charge in [0.25, 0.3) is 5.91 Å². The van der Waals surface area contributed by atoms with Crippen molar-refractivity contribution in [1.82, 2.24) is 20.6 Å². The van der Waals surface area contributed by atoms with E-state index in [1.54, 1.807) is 12.3 Å². The molecule has 0 aliphatic carbocycles. The van der Waals surface area contributed by atoms with E-state index < -0.39 is 41.4 Å². The largest absolute Gasteiger partial charge is 0.461 e. The summed E-state index contributed by atoms with van der Waals surface area (Å²) < 4.78 is 5.38. The van der Waals surface area contributed by atoms with Gasteiger partial charge in [-0.25, -0.2) is 9.97 Å². The zero-order valence-corrected chi connectivity index (χ0v) is 24.2. The lowest BCUT2D eigenvalue weighted by Crippen LogP contribution is -2.47. The number of hydrogen-bond donors (Lipinski definition) is 2. The molecule has 2 bridgehead atoms. The van der Waals surface area contributed by atoms with Crippen molar-refractivity contribution in [2.45, 2.75) is 72.4 Å². The lowest BCUT2D eigenvalue weighted by atomic mass is 9.87. The molecule has 220 valence electrons. The average molecular weight is 565 g/mol. The quantitative estimate of drug-likeness (QED) is 0.296. The normalized spacial score (nSPS) is 17.0. The van der Waals surface area contributed by atoms with Gasteiger partial charge >= 0.3 is 5.97 Å². The van der Waals surface area contributed by atoms with Gasteiger partial charge < -0.3 is 15.4 Å². The van der Waals surface area contributed by atoms with E-state index in [4.69, 9.17) is 4.74 Å². The minimum absolute atomic E-state index is 0.0378. The second-order valence-electron chi connectivity index (χ2n) is 11.3. The Hall–Kier alpha value is -3.95. The zero-order valence-electron chi connectivity index (χ0n) is 24.2. The lowest BCUT2D eigenvalue weighted by molar-refractivity contribution is -0.149. The number of rotatable bonds is 12. The van der Waals surface area contributed by atoms with Gasteiger partial charge in [-0.2, -0.15) is 0 Å². The highest BCUT2D eigenvalue weighted by Crippen LogP contribution is 2.21. The van der Waals surface area contributed by atoms with Gasteiger partial charge in [0.05, 0.1) is 18.4 Å². The number of ketones is 2. The van der Waals surface area contributed by atoms with Gasteiger partial charge in [-0.05, 0) is 29.9 Å². The Balaban J connectivity index is 1.70. The Kier molecular flexibility index (Phi) is 11.7. The maximum absolute atomic E-state index is 13.6. The van der Waals surface area contributed by atoms with Crippen LogP contribution in [0.3, 0.4) is 0 Å². The van der Waals surface area contributed by atoms with Crippen LogP contribution in [0.5, 0.6) is 0 Å². The number of amides is 2. The first-order chi connectivity index (χ1) is 19.5. The van der Waals surface area contributed by atoms with E-state index in [-0.39, 0.29) is 50.0 Å². The fourth-order valence-electron chi connectivity index (χ4n) is 4.75. The van der Waals surface area contributed by atoms with Crippen molar-refractivity contribution in [3.63, 3.8) is 0 Å². The molecule has 3 rings (SSSR count). The number of aromatic nitrogens is 2. The molecule has 1 aromatic carbocycles. The SMILES string of the molecule is CC(C)CC(NC(=O)C(CC(=O)OCc1ccccc1)C(C)C)C(=O)CC1Cc2nccc(n2)CCNC(=O)C1=O. The smallest absolute Gasteiger partial charge is 0.306 e. The fourth-order valence-corrected chi connectivity index (χ4v) is 4.75. The highest BCUT2D eigenvalue weighted by atomic mass is 16.5. The number of benzene rings is 1. The van der Waals surface area contributed by atoms with Crippen LogP contribution in [0.25, 0.3) is 0 Å². The molecule has 2 N–H and O–H groups in total. The van der Waals surface area contributed by atoms with Gasteiger partial charge in [-0.15, -0.1) is 0 Å². The third-order valence-electron chi connectivity index (χ3n) is 7.08. The number of ether oxygens (including phenoxy) is 1. The van der Waals surface area contributed by atoms with Gasteiger partial charge in [0.1, 0.15) is 12.4 Å². The Morgan fingerprint density at radius 3 is 2.49 bits per heavy atom. The first kappa shape index (κ1) is 31.6. The molecule has 3 unspecified atom stereocenters. The zero-order chi connectivity index (χ0) is 29.9. The highest BCUT2D eigenvalue weighted by Gasteiger charge is 2.34. The Bertz CT molecular complexity index is 1230. The van der Waals surface area contributed by atoms with Gasteiger partial charge in [0.15, 0.2) is 5.78 Å². The van der Waals surface area contributed by atoms with Crippen LogP contribution < -0.4 is 10.6 Å². The molecule has 1 aromatic heterocycles. The van der Waals surface area contributed by atoms with Crippen LogP contribution in [0.1, 0.15) is 64.0 Å². The lowest BCUT2D eigenvalue weighted by Gasteiger charge is -2.26. The number of fused-ring (bicyclic) bond motifs is 2. The molecule has 2 aromatic rings. The van der Waals surface area contributed by atoms with Crippen LogP contribution in [-0.2, 0) is 48.2 Å². The van der Waals surface area contributed by atoms with E-state index in [2.05, 4.69) is 20.6 Å². The second kappa shape index (κ2) is 15.2. The molecule has 1 aliphatic heterocycles. The van der Waals surface area contributed by atoms with Gasteiger partial charge in [-0.1, -0.05) is 58.0 Å². The van der Waals surface area contributed by atoms with Crippen LogP contribution in [0.4, 0.5) is 0 Å². The third-order valence-corrected chi connectivity index (χ3v) is 7.08. The van der Waals surface area contributed by atoms with Gasteiger partial charge in [0.2, 0.25) is 11.7 Å². The second-order valence-corrected chi connectivity index (χ2v) is 11.3. The molecule has 10 heteroatoms. The molecule has 0 fully saturated rings. The molecule has 1 aliphatic rings. The number of carbonyl (C=O) groups is 5. The van der Waals surface area contributed by atoms with Crippen molar-refractivity contribution in [2.75, 3.05) is 6.54 Å². The topological polar surface area (TPSA) is 144 Å². The van der Waals surface area contributed by atoms with E-state index >= 15 is 0 Å². The Morgan fingerprint density at radius 1 is 1.07 bits per heavy atom. The molecule has 3 atom stereocenters. The molecular formula is C31H40N4O6. The van der Waals surface area contributed by atoms with E-state index in [1.807, 2.05) is 58.0 Å². The van der Waals surface area contributed by atoms with Crippen LogP contribution >= 0.6 is 0 Å². The fraction of sp³-hybridized carbons (Fsp3) is 0.516.